The van der Waals surface area contributed by atoms with Gasteiger partial charge in [0.1, 0.15) is 16.9 Å². The van der Waals surface area contributed by atoms with Gasteiger partial charge in [-0.25, -0.2) is 23.1 Å². The first-order valence-electron chi connectivity index (χ1n) is 8.05. The number of halogens is 2. The minimum Gasteiger partial charge on any atom is -0.465 e. The van der Waals surface area contributed by atoms with Crippen molar-refractivity contribution in [2.75, 3.05) is 7.11 Å². The molecule has 3 aromatic heterocycles. The zero-order valence-corrected chi connectivity index (χ0v) is 14.4. The molecule has 0 radical (unpaired) electrons. The average molecular weight is 386 g/mol. The summed E-state index contributed by atoms with van der Waals surface area (Å²) < 4.78 is 39.3. The minimum absolute atomic E-state index is 0.126. The molecule has 0 atom stereocenters. The summed E-state index contributed by atoms with van der Waals surface area (Å²) in [5, 5.41) is 6.39. The molecule has 0 aliphatic heterocycles. The van der Waals surface area contributed by atoms with Crippen LogP contribution < -0.4 is 5.32 Å². The van der Waals surface area contributed by atoms with E-state index in [1.165, 1.54) is 23.0 Å². The van der Waals surface area contributed by atoms with Crippen LogP contribution in [0.2, 0.25) is 0 Å². The third-order valence-electron chi connectivity index (χ3n) is 4.10. The highest BCUT2D eigenvalue weighted by Crippen LogP contribution is 2.28. The lowest BCUT2D eigenvalue weighted by atomic mass is 10.1. The van der Waals surface area contributed by atoms with Gasteiger partial charge in [0.2, 0.25) is 0 Å². The van der Waals surface area contributed by atoms with Crippen molar-refractivity contribution >= 4 is 28.5 Å². The van der Waals surface area contributed by atoms with E-state index >= 15 is 0 Å². The molecule has 1 N–H and O–H groups in total. The SMILES string of the molecule is COC(=O)c1cc(F)c(F)c2cc(CNC(=O)c3cnn4cccnc34)oc12. The summed E-state index contributed by atoms with van der Waals surface area (Å²) in [6.45, 7) is -0.126. The van der Waals surface area contributed by atoms with E-state index in [4.69, 9.17) is 4.42 Å². The third-order valence-corrected chi connectivity index (χ3v) is 4.10. The number of benzene rings is 1. The molecule has 0 saturated heterocycles. The number of amides is 1. The number of aromatic nitrogens is 3. The number of esters is 1. The van der Waals surface area contributed by atoms with Crippen LogP contribution in [0.25, 0.3) is 16.6 Å². The molecule has 0 unspecified atom stereocenters. The molecule has 0 saturated carbocycles. The summed E-state index contributed by atoms with van der Waals surface area (Å²) in [5.41, 5.74) is 0.198. The average Bonchev–Trinajstić information content (AvgIpc) is 3.33. The molecule has 8 nitrogen and oxygen atoms in total. The highest BCUT2D eigenvalue weighted by atomic mass is 19.2. The molecule has 142 valence electrons. The summed E-state index contributed by atoms with van der Waals surface area (Å²) >= 11 is 0. The first-order valence-corrected chi connectivity index (χ1v) is 8.05. The normalized spacial score (nSPS) is 11.1. The second-order valence-corrected chi connectivity index (χ2v) is 5.80. The number of furan rings is 1. The van der Waals surface area contributed by atoms with E-state index < -0.39 is 23.5 Å². The zero-order chi connectivity index (χ0) is 19.8. The number of nitrogens with zero attached hydrogens (tertiary/aromatic N) is 3. The van der Waals surface area contributed by atoms with Gasteiger partial charge in [0.25, 0.3) is 5.91 Å². The molecule has 0 bridgehead atoms. The van der Waals surface area contributed by atoms with Gasteiger partial charge >= 0.3 is 5.97 Å². The largest absolute Gasteiger partial charge is 0.465 e. The maximum absolute atomic E-state index is 14.1. The predicted molar refractivity (Wildman–Crippen MR) is 91.6 cm³/mol. The molecule has 4 aromatic rings. The Morgan fingerprint density at radius 1 is 1.29 bits per heavy atom. The molecule has 0 fully saturated rings. The Balaban J connectivity index is 1.62. The Labute approximate surface area is 155 Å². The molecule has 0 aliphatic rings. The summed E-state index contributed by atoms with van der Waals surface area (Å²) in [7, 11) is 1.11. The van der Waals surface area contributed by atoms with Crippen molar-refractivity contribution in [3.63, 3.8) is 0 Å². The van der Waals surface area contributed by atoms with E-state index in [-0.39, 0.29) is 34.4 Å². The van der Waals surface area contributed by atoms with Crippen LogP contribution in [-0.2, 0) is 11.3 Å². The molecule has 0 aliphatic carbocycles. The summed E-state index contributed by atoms with van der Waals surface area (Å²) in [6.07, 6.45) is 4.53. The van der Waals surface area contributed by atoms with Gasteiger partial charge in [0, 0.05) is 12.4 Å². The van der Waals surface area contributed by atoms with Crippen molar-refractivity contribution in [1.82, 2.24) is 19.9 Å². The second-order valence-electron chi connectivity index (χ2n) is 5.80. The summed E-state index contributed by atoms with van der Waals surface area (Å²) in [4.78, 5) is 28.3. The molecule has 1 amide bonds. The molecule has 3 heterocycles. The van der Waals surface area contributed by atoms with Gasteiger partial charge in [-0.1, -0.05) is 0 Å². The lowest BCUT2D eigenvalue weighted by Crippen LogP contribution is -2.22. The van der Waals surface area contributed by atoms with E-state index in [1.54, 1.807) is 12.3 Å². The summed E-state index contributed by atoms with van der Waals surface area (Å²) in [6, 6.07) is 3.59. The van der Waals surface area contributed by atoms with E-state index in [0.29, 0.717) is 11.7 Å². The number of fused-ring (bicyclic) bond motifs is 2. The Hall–Kier alpha value is -3.82. The fraction of sp³-hybridized carbons (Fsp3) is 0.111. The molecule has 0 spiro atoms. The maximum Gasteiger partial charge on any atom is 0.341 e. The van der Waals surface area contributed by atoms with Gasteiger partial charge in [0.15, 0.2) is 22.9 Å². The van der Waals surface area contributed by atoms with Crippen molar-refractivity contribution in [2.24, 2.45) is 0 Å². The molecular formula is C18H12F2N4O4. The maximum atomic E-state index is 14.1. The molecule has 28 heavy (non-hydrogen) atoms. The van der Waals surface area contributed by atoms with E-state index in [1.807, 2.05) is 0 Å². The predicted octanol–water partition coefficient (Wildman–Crippen LogP) is 2.47. The first kappa shape index (κ1) is 17.6. The van der Waals surface area contributed by atoms with Gasteiger partial charge in [0.05, 0.1) is 25.2 Å². The number of ether oxygens (including phenoxy) is 1. The first-order chi connectivity index (χ1) is 13.5. The molecule has 1 aromatic carbocycles. The Bertz CT molecular complexity index is 1230. The summed E-state index contributed by atoms with van der Waals surface area (Å²) in [5.74, 6) is -3.58. The topological polar surface area (TPSA) is 98.7 Å². The van der Waals surface area contributed by atoms with Crippen LogP contribution in [0.15, 0.2) is 41.2 Å². The van der Waals surface area contributed by atoms with Crippen LogP contribution in [0, 0.1) is 11.6 Å². The number of carbonyl (C=O) groups is 2. The highest BCUT2D eigenvalue weighted by Gasteiger charge is 2.22. The van der Waals surface area contributed by atoms with Crippen molar-refractivity contribution < 1.29 is 27.5 Å². The third kappa shape index (κ3) is 2.84. The standard InChI is InChI=1S/C18H12F2N4O4/c1-27-18(26)11-6-13(19)14(20)10-5-9(28-15(10)11)7-22-17(25)12-8-23-24-4-2-3-21-16(12)24/h2-6,8H,7H2,1H3,(H,22,25). The van der Waals surface area contributed by atoms with Crippen LogP contribution in [-0.4, -0.2) is 33.6 Å². The van der Waals surface area contributed by atoms with Gasteiger partial charge in [-0.05, 0) is 18.2 Å². The Morgan fingerprint density at radius 2 is 2.11 bits per heavy atom. The minimum atomic E-state index is -1.21. The van der Waals surface area contributed by atoms with Gasteiger partial charge < -0.3 is 14.5 Å². The van der Waals surface area contributed by atoms with Gasteiger partial charge in [-0.2, -0.15) is 5.10 Å². The highest BCUT2D eigenvalue weighted by molar-refractivity contribution is 6.02. The van der Waals surface area contributed by atoms with Gasteiger partial charge in [-0.15, -0.1) is 0 Å². The lowest BCUT2D eigenvalue weighted by molar-refractivity contribution is 0.0600. The number of hydrogen-bond donors (Lipinski definition) is 1. The fourth-order valence-electron chi connectivity index (χ4n) is 2.79. The number of rotatable bonds is 4. The van der Waals surface area contributed by atoms with Crippen LogP contribution in [0.1, 0.15) is 26.5 Å². The Morgan fingerprint density at radius 3 is 2.89 bits per heavy atom. The quantitative estimate of drug-likeness (QED) is 0.541. The van der Waals surface area contributed by atoms with Crippen molar-refractivity contribution in [1.29, 1.82) is 0 Å². The van der Waals surface area contributed by atoms with Crippen molar-refractivity contribution in [3.05, 3.63) is 65.3 Å². The van der Waals surface area contributed by atoms with Gasteiger partial charge in [-0.3, -0.25) is 4.79 Å². The van der Waals surface area contributed by atoms with Crippen LogP contribution in [0.3, 0.4) is 0 Å². The number of methoxy groups -OCH3 is 1. The molecule has 4 rings (SSSR count). The molecular weight excluding hydrogens is 374 g/mol. The number of carbonyl (C=O) groups excluding carboxylic acids is 2. The van der Waals surface area contributed by atoms with Crippen molar-refractivity contribution in [2.45, 2.75) is 6.54 Å². The van der Waals surface area contributed by atoms with Crippen molar-refractivity contribution in [3.8, 4) is 0 Å². The van der Waals surface area contributed by atoms with E-state index in [0.717, 1.165) is 7.11 Å². The lowest BCUT2D eigenvalue weighted by Gasteiger charge is -2.02. The molecule has 10 heteroatoms. The van der Waals surface area contributed by atoms with E-state index in [9.17, 15) is 18.4 Å². The zero-order valence-electron chi connectivity index (χ0n) is 14.4. The van der Waals surface area contributed by atoms with Crippen LogP contribution in [0.4, 0.5) is 8.78 Å². The van der Waals surface area contributed by atoms with Crippen LogP contribution in [0.5, 0.6) is 0 Å². The number of hydrogen-bond acceptors (Lipinski definition) is 6. The fourth-order valence-corrected chi connectivity index (χ4v) is 2.79. The Kier molecular flexibility index (Phi) is 4.22. The smallest absolute Gasteiger partial charge is 0.341 e. The van der Waals surface area contributed by atoms with Crippen LogP contribution >= 0.6 is 0 Å². The number of nitrogens with one attached hydrogen (secondary N) is 1. The monoisotopic (exact) mass is 386 g/mol. The second kappa shape index (κ2) is 6.72. The van der Waals surface area contributed by atoms with E-state index in [2.05, 4.69) is 20.1 Å².